The number of nitrogens with one attached hydrogen (secondary N) is 1. The van der Waals surface area contributed by atoms with Crippen molar-refractivity contribution >= 4 is 0 Å². The lowest BCUT2D eigenvalue weighted by Crippen LogP contribution is -2.25. The molecule has 1 aromatic rings. The third kappa shape index (κ3) is 3.35. The zero-order valence-corrected chi connectivity index (χ0v) is 12.0. The number of nitrogens with zero attached hydrogens (tertiary/aromatic N) is 2. The summed E-state index contributed by atoms with van der Waals surface area (Å²) in [5, 5.41) is 3.48. The normalized spacial score (nSPS) is 28.5. The molecule has 3 nitrogen and oxygen atoms in total. The van der Waals surface area contributed by atoms with Crippen molar-refractivity contribution in [3.8, 4) is 0 Å². The van der Waals surface area contributed by atoms with Crippen molar-refractivity contribution in [3.63, 3.8) is 0 Å². The molecule has 2 rings (SSSR count). The van der Waals surface area contributed by atoms with Gasteiger partial charge in [0.15, 0.2) is 0 Å². The Hall–Kier alpha value is -0.830. The van der Waals surface area contributed by atoms with E-state index >= 15 is 0 Å². The Morgan fingerprint density at radius 3 is 2.67 bits per heavy atom. The molecular formula is C15H27N3. The maximum Gasteiger partial charge on any atom is 0.0951 e. The van der Waals surface area contributed by atoms with Gasteiger partial charge in [0.25, 0.3) is 0 Å². The molecule has 0 saturated heterocycles. The summed E-state index contributed by atoms with van der Waals surface area (Å²) >= 11 is 0. The highest BCUT2D eigenvalue weighted by molar-refractivity contribution is 5.01. The maximum atomic E-state index is 4.35. The summed E-state index contributed by atoms with van der Waals surface area (Å²) in [6.07, 6.45) is 9.23. The summed E-state index contributed by atoms with van der Waals surface area (Å²) in [5.74, 6) is 1.69. The first kappa shape index (κ1) is 13.6. The van der Waals surface area contributed by atoms with Crippen molar-refractivity contribution in [1.29, 1.82) is 0 Å². The van der Waals surface area contributed by atoms with Crippen LogP contribution in [0.15, 0.2) is 12.5 Å². The first-order valence-electron chi connectivity index (χ1n) is 7.42. The molecule has 3 heteroatoms. The van der Waals surface area contributed by atoms with Gasteiger partial charge in [-0.2, -0.15) is 0 Å². The smallest absolute Gasteiger partial charge is 0.0951 e. The van der Waals surface area contributed by atoms with Gasteiger partial charge in [0.1, 0.15) is 0 Å². The number of hydrogen-bond donors (Lipinski definition) is 1. The molecule has 1 heterocycles. The van der Waals surface area contributed by atoms with E-state index in [2.05, 4.69) is 35.6 Å². The van der Waals surface area contributed by atoms with Gasteiger partial charge in [-0.25, -0.2) is 4.98 Å². The van der Waals surface area contributed by atoms with Crippen molar-refractivity contribution in [3.05, 3.63) is 18.2 Å². The maximum absolute atomic E-state index is 4.35. The van der Waals surface area contributed by atoms with Gasteiger partial charge >= 0.3 is 0 Å². The van der Waals surface area contributed by atoms with Crippen LogP contribution < -0.4 is 5.32 Å². The minimum Gasteiger partial charge on any atom is -0.330 e. The highest BCUT2D eigenvalue weighted by Gasteiger charge is 2.25. The highest BCUT2D eigenvalue weighted by Crippen LogP contribution is 2.36. The molecule has 1 N–H and O–H groups in total. The molecule has 2 unspecified atom stereocenters. The molecule has 0 amide bonds. The third-order valence-corrected chi connectivity index (χ3v) is 4.03. The zero-order chi connectivity index (χ0) is 13.0. The summed E-state index contributed by atoms with van der Waals surface area (Å²) in [7, 11) is 0. The summed E-state index contributed by atoms with van der Waals surface area (Å²) in [4.78, 5) is 4.35. The lowest BCUT2D eigenvalue weighted by molar-refractivity contribution is 0.218. The van der Waals surface area contributed by atoms with Crippen molar-refractivity contribution in [2.45, 2.75) is 59.0 Å². The van der Waals surface area contributed by atoms with Crippen molar-refractivity contribution < 1.29 is 0 Å². The van der Waals surface area contributed by atoms with Crippen molar-refractivity contribution in [2.75, 3.05) is 6.54 Å². The van der Waals surface area contributed by atoms with Gasteiger partial charge in [-0.15, -0.1) is 0 Å². The van der Waals surface area contributed by atoms with Gasteiger partial charge in [0.2, 0.25) is 0 Å². The molecule has 0 aromatic carbocycles. The van der Waals surface area contributed by atoms with Crippen LogP contribution in [0.3, 0.4) is 0 Å². The van der Waals surface area contributed by atoms with Gasteiger partial charge in [0.05, 0.1) is 12.0 Å². The van der Waals surface area contributed by atoms with Crippen LogP contribution in [0, 0.1) is 11.8 Å². The number of imidazole rings is 1. The van der Waals surface area contributed by atoms with Crippen LogP contribution in [0.4, 0.5) is 0 Å². The molecule has 0 aliphatic heterocycles. The average Bonchev–Trinajstić information content (AvgIpc) is 2.76. The minimum atomic E-state index is 0.657. The van der Waals surface area contributed by atoms with E-state index in [1.54, 1.807) is 0 Å². The molecule has 1 aromatic heterocycles. The lowest BCUT2D eigenvalue weighted by atomic mass is 9.80. The number of rotatable bonds is 5. The summed E-state index contributed by atoms with van der Waals surface area (Å²) < 4.78 is 2.41. The SMILES string of the molecule is CCCNCc1cncn1C1CC(C)CC(C)C1. The van der Waals surface area contributed by atoms with Crippen LogP contribution in [-0.4, -0.2) is 16.1 Å². The fourth-order valence-electron chi connectivity index (χ4n) is 3.32. The Labute approximate surface area is 111 Å². The summed E-state index contributed by atoms with van der Waals surface area (Å²) in [6, 6.07) is 0.657. The molecular weight excluding hydrogens is 222 g/mol. The van der Waals surface area contributed by atoms with E-state index in [9.17, 15) is 0 Å². The fraction of sp³-hybridized carbons (Fsp3) is 0.800. The predicted octanol–water partition coefficient (Wildman–Crippen LogP) is 3.38. The Kier molecular flexibility index (Phi) is 4.81. The van der Waals surface area contributed by atoms with Crippen LogP contribution in [0.25, 0.3) is 0 Å². The zero-order valence-electron chi connectivity index (χ0n) is 12.0. The van der Waals surface area contributed by atoms with E-state index in [1.165, 1.54) is 31.4 Å². The Bertz CT molecular complexity index is 348. The Morgan fingerprint density at radius 1 is 1.28 bits per heavy atom. The van der Waals surface area contributed by atoms with Crippen molar-refractivity contribution in [1.82, 2.24) is 14.9 Å². The van der Waals surface area contributed by atoms with E-state index in [4.69, 9.17) is 0 Å². The molecule has 0 spiro atoms. The average molecular weight is 249 g/mol. The van der Waals surface area contributed by atoms with E-state index in [-0.39, 0.29) is 0 Å². The van der Waals surface area contributed by atoms with Gasteiger partial charge in [-0.1, -0.05) is 20.8 Å². The topological polar surface area (TPSA) is 29.9 Å². The van der Waals surface area contributed by atoms with E-state index in [0.717, 1.165) is 24.9 Å². The lowest BCUT2D eigenvalue weighted by Gasteiger charge is -2.33. The second-order valence-electron chi connectivity index (χ2n) is 6.04. The quantitative estimate of drug-likeness (QED) is 0.811. The molecule has 2 atom stereocenters. The van der Waals surface area contributed by atoms with Crippen LogP contribution in [0.2, 0.25) is 0 Å². The number of aromatic nitrogens is 2. The van der Waals surface area contributed by atoms with E-state index in [1.807, 2.05) is 12.5 Å². The highest BCUT2D eigenvalue weighted by atomic mass is 15.1. The van der Waals surface area contributed by atoms with Crippen LogP contribution >= 0.6 is 0 Å². The van der Waals surface area contributed by atoms with Gasteiger partial charge in [-0.3, -0.25) is 0 Å². The number of hydrogen-bond acceptors (Lipinski definition) is 2. The second kappa shape index (κ2) is 6.37. The van der Waals surface area contributed by atoms with Crippen LogP contribution in [0.1, 0.15) is 58.2 Å². The van der Waals surface area contributed by atoms with Gasteiger partial charge in [0, 0.05) is 18.8 Å². The second-order valence-corrected chi connectivity index (χ2v) is 6.04. The fourth-order valence-corrected chi connectivity index (χ4v) is 3.32. The monoisotopic (exact) mass is 249 g/mol. The minimum absolute atomic E-state index is 0.657. The van der Waals surface area contributed by atoms with Gasteiger partial charge < -0.3 is 9.88 Å². The van der Waals surface area contributed by atoms with E-state index < -0.39 is 0 Å². The molecule has 102 valence electrons. The third-order valence-electron chi connectivity index (χ3n) is 4.03. The van der Waals surface area contributed by atoms with Crippen LogP contribution in [0.5, 0.6) is 0 Å². The molecule has 1 aliphatic rings. The first-order chi connectivity index (χ1) is 8.70. The van der Waals surface area contributed by atoms with Crippen molar-refractivity contribution in [2.24, 2.45) is 11.8 Å². The largest absolute Gasteiger partial charge is 0.330 e. The van der Waals surface area contributed by atoms with E-state index in [0.29, 0.717) is 6.04 Å². The molecule has 1 saturated carbocycles. The Balaban J connectivity index is 2.01. The molecule has 18 heavy (non-hydrogen) atoms. The first-order valence-corrected chi connectivity index (χ1v) is 7.42. The summed E-state index contributed by atoms with van der Waals surface area (Å²) in [5.41, 5.74) is 1.34. The predicted molar refractivity (Wildman–Crippen MR) is 75.4 cm³/mol. The molecule has 0 bridgehead atoms. The van der Waals surface area contributed by atoms with Crippen LogP contribution in [-0.2, 0) is 6.54 Å². The van der Waals surface area contributed by atoms with Gasteiger partial charge in [-0.05, 0) is 44.1 Å². The summed E-state index contributed by atoms with van der Waals surface area (Å²) in [6.45, 7) is 9.01. The molecule has 0 radical (unpaired) electrons. The Morgan fingerprint density at radius 2 is 2.00 bits per heavy atom. The molecule has 1 fully saturated rings. The molecule has 1 aliphatic carbocycles. The standard InChI is InChI=1S/C15H27N3/c1-4-5-16-9-15-10-17-11-18(15)14-7-12(2)6-13(3)8-14/h10-14,16H,4-9H2,1-3H3.